The summed E-state index contributed by atoms with van der Waals surface area (Å²) in [5.74, 6) is 0. The van der Waals surface area contributed by atoms with E-state index < -0.39 is 0 Å². The maximum atomic E-state index is 4.17. The Kier molecular flexibility index (Phi) is 5.55. The van der Waals surface area contributed by atoms with Crippen LogP contribution in [0.5, 0.6) is 0 Å². The van der Waals surface area contributed by atoms with Gasteiger partial charge in [-0.05, 0) is 25.1 Å². The molecule has 20 heavy (non-hydrogen) atoms. The zero-order valence-corrected chi connectivity index (χ0v) is 12.3. The van der Waals surface area contributed by atoms with Crippen LogP contribution in [0, 0.1) is 0 Å². The molecule has 0 aliphatic heterocycles. The Morgan fingerprint density at radius 1 is 1.25 bits per heavy atom. The quantitative estimate of drug-likeness (QED) is 0.746. The highest BCUT2D eigenvalue weighted by Gasteiger charge is 2.03. The highest BCUT2D eigenvalue weighted by molar-refractivity contribution is 5.44. The molecule has 2 aromatic rings. The highest BCUT2D eigenvalue weighted by atomic mass is 15.4. The van der Waals surface area contributed by atoms with Crippen molar-refractivity contribution in [1.82, 2.24) is 20.3 Å². The summed E-state index contributed by atoms with van der Waals surface area (Å²) in [6.45, 7) is 5.72. The zero-order valence-electron chi connectivity index (χ0n) is 12.3. The van der Waals surface area contributed by atoms with E-state index in [1.807, 2.05) is 16.9 Å². The van der Waals surface area contributed by atoms with Gasteiger partial charge < -0.3 is 10.2 Å². The van der Waals surface area contributed by atoms with Crippen molar-refractivity contribution >= 4 is 5.69 Å². The Balaban J connectivity index is 1.79. The number of para-hydroxylation sites is 1. The van der Waals surface area contributed by atoms with Crippen LogP contribution in [0.2, 0.25) is 0 Å². The summed E-state index contributed by atoms with van der Waals surface area (Å²) >= 11 is 0. The molecule has 2 rings (SSSR count). The Hall–Kier alpha value is -1.88. The second-order valence-corrected chi connectivity index (χ2v) is 4.91. The molecule has 5 heteroatoms. The fourth-order valence-electron chi connectivity index (χ4n) is 1.99. The van der Waals surface area contributed by atoms with Crippen molar-refractivity contribution in [3.05, 3.63) is 42.2 Å². The van der Waals surface area contributed by atoms with Crippen LogP contribution in [-0.2, 0) is 13.1 Å². The number of hydrogen-bond acceptors (Lipinski definition) is 4. The van der Waals surface area contributed by atoms with E-state index in [0.29, 0.717) is 0 Å². The SMILES string of the molecule is CCCNCc1cn(CCN(C)c2ccccc2)nn1. The summed E-state index contributed by atoms with van der Waals surface area (Å²) in [7, 11) is 2.09. The fraction of sp³-hybridized carbons (Fsp3) is 0.467. The van der Waals surface area contributed by atoms with Gasteiger partial charge in [0.05, 0.1) is 12.2 Å². The third-order valence-corrected chi connectivity index (χ3v) is 3.18. The number of hydrogen-bond donors (Lipinski definition) is 1. The predicted octanol–water partition coefficient (Wildman–Crippen LogP) is 1.91. The molecular weight excluding hydrogens is 250 g/mol. The third-order valence-electron chi connectivity index (χ3n) is 3.18. The topological polar surface area (TPSA) is 46.0 Å². The molecule has 0 aliphatic carbocycles. The Morgan fingerprint density at radius 3 is 2.80 bits per heavy atom. The van der Waals surface area contributed by atoms with E-state index in [4.69, 9.17) is 0 Å². The largest absolute Gasteiger partial charge is 0.373 e. The molecular formula is C15H23N5. The summed E-state index contributed by atoms with van der Waals surface area (Å²) in [5, 5.41) is 11.7. The summed E-state index contributed by atoms with van der Waals surface area (Å²) in [5.41, 5.74) is 2.22. The number of nitrogens with zero attached hydrogens (tertiary/aromatic N) is 4. The second kappa shape index (κ2) is 7.65. The van der Waals surface area contributed by atoms with Gasteiger partial charge >= 0.3 is 0 Å². The lowest BCUT2D eigenvalue weighted by molar-refractivity contribution is 0.587. The zero-order chi connectivity index (χ0) is 14.2. The van der Waals surface area contributed by atoms with Crippen molar-refractivity contribution in [2.45, 2.75) is 26.4 Å². The summed E-state index contributed by atoms with van der Waals surface area (Å²) in [4.78, 5) is 2.22. The van der Waals surface area contributed by atoms with Crippen LogP contribution < -0.4 is 10.2 Å². The Morgan fingerprint density at radius 2 is 2.05 bits per heavy atom. The molecule has 0 unspecified atom stereocenters. The van der Waals surface area contributed by atoms with Crippen LogP contribution in [0.1, 0.15) is 19.0 Å². The van der Waals surface area contributed by atoms with Crippen LogP contribution in [0.25, 0.3) is 0 Å². The molecule has 1 aromatic carbocycles. The van der Waals surface area contributed by atoms with Gasteiger partial charge in [-0.2, -0.15) is 0 Å². The summed E-state index contributed by atoms with van der Waals surface area (Å²) in [6, 6.07) is 10.4. The van der Waals surface area contributed by atoms with Gasteiger partial charge in [0.2, 0.25) is 0 Å². The van der Waals surface area contributed by atoms with Gasteiger partial charge in [-0.3, -0.25) is 4.68 Å². The third kappa shape index (κ3) is 4.35. The molecule has 0 radical (unpaired) electrons. The highest BCUT2D eigenvalue weighted by Crippen LogP contribution is 2.10. The maximum Gasteiger partial charge on any atom is 0.0964 e. The van der Waals surface area contributed by atoms with Crippen LogP contribution in [0.3, 0.4) is 0 Å². The van der Waals surface area contributed by atoms with E-state index in [1.165, 1.54) is 5.69 Å². The number of anilines is 1. The Bertz CT molecular complexity index is 494. The van der Waals surface area contributed by atoms with Crippen molar-refractivity contribution in [3.8, 4) is 0 Å². The molecule has 0 amide bonds. The van der Waals surface area contributed by atoms with E-state index in [2.05, 4.69) is 58.8 Å². The van der Waals surface area contributed by atoms with Crippen LogP contribution >= 0.6 is 0 Å². The first-order valence-corrected chi connectivity index (χ1v) is 7.15. The lowest BCUT2D eigenvalue weighted by Gasteiger charge is -2.18. The van der Waals surface area contributed by atoms with E-state index >= 15 is 0 Å². The van der Waals surface area contributed by atoms with Crippen molar-refractivity contribution in [3.63, 3.8) is 0 Å². The molecule has 0 spiro atoms. The lowest BCUT2D eigenvalue weighted by atomic mass is 10.3. The first-order valence-electron chi connectivity index (χ1n) is 7.15. The van der Waals surface area contributed by atoms with Crippen molar-refractivity contribution in [2.24, 2.45) is 0 Å². The number of nitrogens with one attached hydrogen (secondary N) is 1. The fourth-order valence-corrected chi connectivity index (χ4v) is 1.99. The minimum absolute atomic E-state index is 0.794. The number of likely N-dealkylation sites (N-methyl/N-ethyl adjacent to an activating group) is 1. The molecule has 108 valence electrons. The molecule has 0 bridgehead atoms. The van der Waals surface area contributed by atoms with E-state index in [9.17, 15) is 0 Å². The van der Waals surface area contributed by atoms with E-state index in [-0.39, 0.29) is 0 Å². The van der Waals surface area contributed by atoms with Gasteiger partial charge in [0.25, 0.3) is 0 Å². The molecule has 0 saturated heterocycles. The van der Waals surface area contributed by atoms with E-state index in [1.54, 1.807) is 0 Å². The van der Waals surface area contributed by atoms with Gasteiger partial charge in [0.15, 0.2) is 0 Å². The van der Waals surface area contributed by atoms with Crippen LogP contribution in [-0.4, -0.2) is 35.1 Å². The van der Waals surface area contributed by atoms with Gasteiger partial charge in [0.1, 0.15) is 0 Å². The first-order chi connectivity index (χ1) is 9.79. The van der Waals surface area contributed by atoms with Crippen LogP contribution in [0.4, 0.5) is 5.69 Å². The van der Waals surface area contributed by atoms with Crippen molar-refractivity contribution in [1.29, 1.82) is 0 Å². The molecule has 0 atom stereocenters. The molecule has 5 nitrogen and oxygen atoms in total. The van der Waals surface area contributed by atoms with E-state index in [0.717, 1.165) is 38.3 Å². The standard InChI is InChI=1S/C15H23N5/c1-3-9-16-12-14-13-20(18-17-14)11-10-19(2)15-7-5-4-6-8-15/h4-8,13,16H,3,9-12H2,1-2H3. The maximum absolute atomic E-state index is 4.17. The average Bonchev–Trinajstić information content (AvgIpc) is 2.94. The predicted molar refractivity (Wildman–Crippen MR) is 81.7 cm³/mol. The first kappa shape index (κ1) is 14.5. The van der Waals surface area contributed by atoms with Crippen LogP contribution in [0.15, 0.2) is 36.5 Å². The molecule has 0 aliphatic rings. The lowest BCUT2D eigenvalue weighted by Crippen LogP contribution is -2.22. The summed E-state index contributed by atoms with van der Waals surface area (Å²) in [6.07, 6.45) is 3.15. The normalized spacial score (nSPS) is 10.7. The number of aromatic nitrogens is 3. The minimum atomic E-state index is 0.794. The van der Waals surface area contributed by atoms with Crippen molar-refractivity contribution < 1.29 is 0 Å². The molecule has 0 fully saturated rings. The molecule has 1 aromatic heterocycles. The number of benzene rings is 1. The minimum Gasteiger partial charge on any atom is -0.373 e. The van der Waals surface area contributed by atoms with Gasteiger partial charge in [-0.15, -0.1) is 5.10 Å². The Labute approximate surface area is 120 Å². The van der Waals surface area contributed by atoms with Gasteiger partial charge in [0, 0.05) is 32.0 Å². The monoisotopic (exact) mass is 273 g/mol. The smallest absolute Gasteiger partial charge is 0.0964 e. The number of rotatable bonds is 8. The van der Waals surface area contributed by atoms with Gasteiger partial charge in [-0.1, -0.05) is 30.3 Å². The second-order valence-electron chi connectivity index (χ2n) is 4.91. The summed E-state index contributed by atoms with van der Waals surface area (Å²) < 4.78 is 1.91. The molecule has 1 N–H and O–H groups in total. The molecule has 1 heterocycles. The van der Waals surface area contributed by atoms with Crippen molar-refractivity contribution in [2.75, 3.05) is 25.0 Å². The average molecular weight is 273 g/mol. The van der Waals surface area contributed by atoms with Gasteiger partial charge in [-0.25, -0.2) is 0 Å². The molecule has 0 saturated carbocycles.